The third kappa shape index (κ3) is 3.19. The zero-order valence-corrected chi connectivity index (χ0v) is 11.8. The maximum Gasteiger partial charge on any atom is 0.254 e. The Balaban J connectivity index is 2.09. The highest BCUT2D eigenvalue weighted by Crippen LogP contribution is 2.25. The molecule has 0 atom stereocenters. The zero-order valence-electron chi connectivity index (χ0n) is 11.8. The number of nitrogen functional groups attached to an aromatic ring is 1. The summed E-state index contributed by atoms with van der Waals surface area (Å²) in [6.07, 6.45) is 1.74. The molecule has 1 heterocycles. The summed E-state index contributed by atoms with van der Waals surface area (Å²) in [5.41, 5.74) is 5.75. The van der Waals surface area contributed by atoms with Crippen LogP contribution in [0.1, 0.15) is 23.2 Å². The summed E-state index contributed by atoms with van der Waals surface area (Å²) in [5, 5.41) is 2.87. The molecule has 1 amide bonds. The zero-order chi connectivity index (χ0) is 14.7. The van der Waals surface area contributed by atoms with Gasteiger partial charge in [0.2, 0.25) is 0 Å². The number of amides is 1. The number of benzene rings is 1. The SMILES string of the molecule is COc1cc(C(=O)NC2CCN(C)CC2)c(F)cc1N. The van der Waals surface area contributed by atoms with E-state index in [0.29, 0.717) is 5.75 Å². The van der Waals surface area contributed by atoms with Crippen molar-refractivity contribution < 1.29 is 13.9 Å². The van der Waals surface area contributed by atoms with Crippen molar-refractivity contribution >= 4 is 11.6 Å². The molecule has 0 unspecified atom stereocenters. The summed E-state index contributed by atoms with van der Waals surface area (Å²) in [7, 11) is 3.48. The molecule has 20 heavy (non-hydrogen) atoms. The van der Waals surface area contributed by atoms with Crippen LogP contribution in [0.2, 0.25) is 0 Å². The number of rotatable bonds is 3. The third-order valence-electron chi connectivity index (χ3n) is 3.62. The third-order valence-corrected chi connectivity index (χ3v) is 3.62. The first-order valence-corrected chi connectivity index (χ1v) is 6.63. The Bertz CT molecular complexity index is 499. The largest absolute Gasteiger partial charge is 0.495 e. The maximum atomic E-state index is 13.8. The van der Waals surface area contributed by atoms with Crippen molar-refractivity contribution in [2.24, 2.45) is 0 Å². The normalized spacial score (nSPS) is 16.9. The van der Waals surface area contributed by atoms with E-state index in [1.165, 1.54) is 13.2 Å². The van der Waals surface area contributed by atoms with Crippen molar-refractivity contribution in [1.29, 1.82) is 0 Å². The molecule has 110 valence electrons. The number of methoxy groups -OCH3 is 1. The Morgan fingerprint density at radius 1 is 1.45 bits per heavy atom. The van der Waals surface area contributed by atoms with Crippen LogP contribution in [0, 0.1) is 5.82 Å². The van der Waals surface area contributed by atoms with Gasteiger partial charge in [0.15, 0.2) is 0 Å². The van der Waals surface area contributed by atoms with E-state index in [0.717, 1.165) is 32.0 Å². The fraction of sp³-hybridized carbons (Fsp3) is 0.500. The minimum absolute atomic E-state index is 0.0324. The van der Waals surface area contributed by atoms with Gasteiger partial charge < -0.3 is 20.7 Å². The van der Waals surface area contributed by atoms with Gasteiger partial charge in [-0.2, -0.15) is 0 Å². The van der Waals surface area contributed by atoms with E-state index in [-0.39, 0.29) is 17.3 Å². The standard InChI is InChI=1S/C14H20FN3O2/c1-18-5-3-9(4-6-18)17-14(19)10-7-13(20-2)12(16)8-11(10)15/h7-9H,3-6,16H2,1-2H3,(H,17,19). The molecular weight excluding hydrogens is 261 g/mol. The molecule has 6 heteroatoms. The number of piperidine rings is 1. The summed E-state index contributed by atoms with van der Waals surface area (Å²) >= 11 is 0. The van der Waals surface area contributed by atoms with Crippen molar-refractivity contribution in [3.05, 3.63) is 23.5 Å². The number of ether oxygens (including phenoxy) is 1. The molecular formula is C14H20FN3O2. The summed E-state index contributed by atoms with van der Waals surface area (Å²) < 4.78 is 18.8. The summed E-state index contributed by atoms with van der Waals surface area (Å²) in [6.45, 7) is 1.86. The molecule has 5 nitrogen and oxygen atoms in total. The Hall–Kier alpha value is -1.82. The monoisotopic (exact) mass is 281 g/mol. The van der Waals surface area contributed by atoms with Crippen LogP contribution in [0.15, 0.2) is 12.1 Å². The molecule has 1 aliphatic rings. The molecule has 0 saturated carbocycles. The first kappa shape index (κ1) is 14.6. The minimum Gasteiger partial charge on any atom is -0.495 e. The van der Waals surface area contributed by atoms with Crippen molar-refractivity contribution in [3.8, 4) is 5.75 Å². The molecule has 0 bridgehead atoms. The molecule has 1 aromatic rings. The Kier molecular flexibility index (Phi) is 4.44. The predicted octanol–water partition coefficient (Wildman–Crippen LogP) is 1.24. The Labute approximate surface area is 117 Å². The number of hydrogen-bond acceptors (Lipinski definition) is 4. The minimum atomic E-state index is -0.631. The number of carbonyl (C=O) groups is 1. The topological polar surface area (TPSA) is 67.6 Å². The van der Waals surface area contributed by atoms with Gasteiger partial charge >= 0.3 is 0 Å². The summed E-state index contributed by atoms with van der Waals surface area (Å²) in [4.78, 5) is 14.3. The second-order valence-corrected chi connectivity index (χ2v) is 5.13. The molecule has 3 N–H and O–H groups in total. The van der Waals surface area contributed by atoms with Gasteiger partial charge in [0.25, 0.3) is 5.91 Å². The number of carbonyl (C=O) groups excluding carboxylic acids is 1. The molecule has 1 aliphatic heterocycles. The first-order chi connectivity index (χ1) is 9.51. The Morgan fingerprint density at radius 2 is 2.10 bits per heavy atom. The van der Waals surface area contributed by atoms with Crippen LogP contribution >= 0.6 is 0 Å². The number of anilines is 1. The van der Waals surface area contributed by atoms with Gasteiger partial charge in [0.05, 0.1) is 18.4 Å². The highest BCUT2D eigenvalue weighted by Gasteiger charge is 2.21. The van der Waals surface area contributed by atoms with E-state index in [1.54, 1.807) is 0 Å². The predicted molar refractivity (Wildman–Crippen MR) is 75.3 cm³/mol. The van der Waals surface area contributed by atoms with E-state index < -0.39 is 11.7 Å². The van der Waals surface area contributed by atoms with E-state index in [9.17, 15) is 9.18 Å². The second-order valence-electron chi connectivity index (χ2n) is 5.13. The van der Waals surface area contributed by atoms with Crippen LogP contribution < -0.4 is 15.8 Å². The van der Waals surface area contributed by atoms with Gasteiger partial charge in [-0.15, -0.1) is 0 Å². The van der Waals surface area contributed by atoms with Crippen molar-refractivity contribution in [1.82, 2.24) is 10.2 Å². The van der Waals surface area contributed by atoms with Crippen LogP contribution in [-0.4, -0.2) is 44.1 Å². The number of hydrogen-bond donors (Lipinski definition) is 2. The second kappa shape index (κ2) is 6.09. The molecule has 0 radical (unpaired) electrons. The smallest absolute Gasteiger partial charge is 0.254 e. The lowest BCUT2D eigenvalue weighted by atomic mass is 10.0. The molecule has 1 saturated heterocycles. The van der Waals surface area contributed by atoms with Crippen LogP contribution in [0.5, 0.6) is 5.75 Å². The summed E-state index contributed by atoms with van der Waals surface area (Å²) in [5.74, 6) is -0.746. The van der Waals surface area contributed by atoms with Crippen molar-refractivity contribution in [3.63, 3.8) is 0 Å². The van der Waals surface area contributed by atoms with E-state index in [1.807, 2.05) is 7.05 Å². The van der Waals surface area contributed by atoms with Gasteiger partial charge in [-0.05, 0) is 39.0 Å². The van der Waals surface area contributed by atoms with E-state index in [2.05, 4.69) is 10.2 Å². The fourth-order valence-electron chi connectivity index (χ4n) is 2.34. The fourth-order valence-corrected chi connectivity index (χ4v) is 2.34. The summed E-state index contributed by atoms with van der Waals surface area (Å²) in [6, 6.07) is 2.54. The highest BCUT2D eigenvalue weighted by molar-refractivity contribution is 5.95. The molecule has 0 aliphatic carbocycles. The Morgan fingerprint density at radius 3 is 2.70 bits per heavy atom. The number of nitrogens with one attached hydrogen (secondary N) is 1. The lowest BCUT2D eigenvalue weighted by Gasteiger charge is -2.29. The molecule has 0 spiro atoms. The highest BCUT2D eigenvalue weighted by atomic mass is 19.1. The number of nitrogens with zero attached hydrogens (tertiary/aromatic N) is 1. The van der Waals surface area contributed by atoms with Crippen LogP contribution in [0.25, 0.3) is 0 Å². The van der Waals surface area contributed by atoms with Gasteiger partial charge in [0, 0.05) is 12.1 Å². The van der Waals surface area contributed by atoms with Crippen LogP contribution in [-0.2, 0) is 0 Å². The molecule has 1 fully saturated rings. The van der Waals surface area contributed by atoms with Gasteiger partial charge in [-0.1, -0.05) is 0 Å². The van der Waals surface area contributed by atoms with Gasteiger partial charge in [-0.25, -0.2) is 4.39 Å². The number of likely N-dealkylation sites (tertiary alicyclic amines) is 1. The number of halogens is 1. The van der Waals surface area contributed by atoms with Crippen LogP contribution in [0.3, 0.4) is 0 Å². The average Bonchev–Trinajstić information content (AvgIpc) is 2.41. The van der Waals surface area contributed by atoms with Gasteiger partial charge in [0.1, 0.15) is 11.6 Å². The molecule has 0 aromatic heterocycles. The lowest BCUT2D eigenvalue weighted by molar-refractivity contribution is 0.0912. The molecule has 2 rings (SSSR count). The number of nitrogens with two attached hydrogens (primary N) is 1. The molecule has 1 aromatic carbocycles. The quantitative estimate of drug-likeness (QED) is 0.818. The van der Waals surface area contributed by atoms with Crippen molar-refractivity contribution in [2.75, 3.05) is 33.0 Å². The van der Waals surface area contributed by atoms with Crippen LogP contribution in [0.4, 0.5) is 10.1 Å². The van der Waals surface area contributed by atoms with Gasteiger partial charge in [-0.3, -0.25) is 4.79 Å². The first-order valence-electron chi connectivity index (χ1n) is 6.63. The maximum absolute atomic E-state index is 13.8. The lowest BCUT2D eigenvalue weighted by Crippen LogP contribution is -2.43. The van der Waals surface area contributed by atoms with Crippen molar-refractivity contribution in [2.45, 2.75) is 18.9 Å². The van der Waals surface area contributed by atoms with E-state index >= 15 is 0 Å². The average molecular weight is 281 g/mol. The van der Waals surface area contributed by atoms with E-state index in [4.69, 9.17) is 10.5 Å².